The van der Waals surface area contributed by atoms with E-state index in [1.54, 1.807) is 0 Å². The fraction of sp³-hybridized carbons (Fsp3) is 0.600. The summed E-state index contributed by atoms with van der Waals surface area (Å²) in [7, 11) is 0. The molecule has 2 nitrogen and oxygen atoms in total. The van der Waals surface area contributed by atoms with Crippen LogP contribution in [0.1, 0.15) is 38.2 Å². The Morgan fingerprint density at radius 2 is 2.06 bits per heavy atom. The summed E-state index contributed by atoms with van der Waals surface area (Å²) in [5.74, 6) is 0. The molecule has 0 amide bonds. The topological polar surface area (TPSA) is 29.3 Å². The third kappa shape index (κ3) is 2.99. The number of anilines is 1. The Hall–Kier alpha value is -0.730. The fourth-order valence-electron chi connectivity index (χ4n) is 3.01. The highest BCUT2D eigenvalue weighted by Crippen LogP contribution is 2.32. The average Bonchev–Trinajstić information content (AvgIpc) is 2.87. The third-order valence-electron chi connectivity index (χ3n) is 3.88. The molecule has 0 unspecified atom stereocenters. The second-order valence-corrected chi connectivity index (χ2v) is 5.47. The summed E-state index contributed by atoms with van der Waals surface area (Å²) in [6.07, 6.45) is 6.25. The van der Waals surface area contributed by atoms with Crippen molar-refractivity contribution in [2.45, 2.75) is 45.1 Å². The van der Waals surface area contributed by atoms with E-state index < -0.39 is 0 Å². The molecule has 0 aliphatic heterocycles. The van der Waals surface area contributed by atoms with E-state index in [-0.39, 0.29) is 0 Å². The van der Waals surface area contributed by atoms with Crippen LogP contribution >= 0.6 is 11.6 Å². The molecule has 0 heterocycles. The summed E-state index contributed by atoms with van der Waals surface area (Å²) >= 11 is 6.17. The Bertz CT molecular complexity index is 386. The number of benzene rings is 1. The van der Waals surface area contributed by atoms with Crippen LogP contribution in [0.25, 0.3) is 0 Å². The van der Waals surface area contributed by atoms with Crippen molar-refractivity contribution in [2.75, 3.05) is 18.0 Å². The number of nitrogens with zero attached hydrogens (tertiary/aromatic N) is 1. The van der Waals surface area contributed by atoms with Crippen LogP contribution < -0.4 is 10.6 Å². The van der Waals surface area contributed by atoms with Crippen molar-refractivity contribution in [1.82, 2.24) is 0 Å². The molecule has 100 valence electrons. The lowest BCUT2D eigenvalue weighted by atomic mass is 10.1. The van der Waals surface area contributed by atoms with E-state index in [4.69, 9.17) is 17.3 Å². The Morgan fingerprint density at radius 1 is 1.33 bits per heavy atom. The smallest absolute Gasteiger partial charge is 0.0426 e. The van der Waals surface area contributed by atoms with Crippen LogP contribution in [0.15, 0.2) is 18.2 Å². The number of hydrogen-bond acceptors (Lipinski definition) is 2. The predicted molar refractivity (Wildman–Crippen MR) is 79.5 cm³/mol. The highest BCUT2D eigenvalue weighted by molar-refractivity contribution is 6.30. The minimum absolute atomic E-state index is 0.685. The molecule has 18 heavy (non-hydrogen) atoms. The lowest BCUT2D eigenvalue weighted by Crippen LogP contribution is -2.33. The molecule has 0 saturated heterocycles. The zero-order chi connectivity index (χ0) is 13.0. The van der Waals surface area contributed by atoms with E-state index in [1.807, 2.05) is 6.07 Å². The molecule has 0 bridgehead atoms. The van der Waals surface area contributed by atoms with E-state index in [2.05, 4.69) is 24.0 Å². The van der Waals surface area contributed by atoms with Crippen LogP contribution in [-0.2, 0) is 6.42 Å². The summed E-state index contributed by atoms with van der Waals surface area (Å²) in [6, 6.07) is 6.89. The molecule has 1 saturated carbocycles. The maximum Gasteiger partial charge on any atom is 0.0426 e. The largest absolute Gasteiger partial charge is 0.369 e. The van der Waals surface area contributed by atoms with Gasteiger partial charge >= 0.3 is 0 Å². The van der Waals surface area contributed by atoms with Crippen molar-refractivity contribution in [3.63, 3.8) is 0 Å². The third-order valence-corrected chi connectivity index (χ3v) is 4.11. The molecule has 0 atom stereocenters. The predicted octanol–water partition coefficient (Wildman–Crippen LogP) is 3.61. The number of rotatable bonds is 5. The van der Waals surface area contributed by atoms with E-state index in [0.717, 1.165) is 18.0 Å². The van der Waals surface area contributed by atoms with Crippen molar-refractivity contribution >= 4 is 17.3 Å². The van der Waals surface area contributed by atoms with Gasteiger partial charge in [0.15, 0.2) is 0 Å². The van der Waals surface area contributed by atoms with Gasteiger partial charge in [-0.05, 0) is 50.4 Å². The first kappa shape index (κ1) is 13.7. The molecule has 1 aliphatic rings. The lowest BCUT2D eigenvalue weighted by Gasteiger charge is -2.32. The number of halogens is 1. The van der Waals surface area contributed by atoms with Crippen molar-refractivity contribution in [2.24, 2.45) is 5.73 Å². The van der Waals surface area contributed by atoms with Gasteiger partial charge < -0.3 is 10.6 Å². The molecule has 0 spiro atoms. The van der Waals surface area contributed by atoms with Gasteiger partial charge in [0.25, 0.3) is 0 Å². The Balaban J connectivity index is 2.29. The zero-order valence-electron chi connectivity index (χ0n) is 11.2. The van der Waals surface area contributed by atoms with Crippen LogP contribution in [0.3, 0.4) is 0 Å². The van der Waals surface area contributed by atoms with Gasteiger partial charge in [-0.15, -0.1) is 0 Å². The maximum absolute atomic E-state index is 6.17. The summed E-state index contributed by atoms with van der Waals surface area (Å²) < 4.78 is 0. The molecule has 0 aromatic heterocycles. The molecule has 2 N–H and O–H groups in total. The van der Waals surface area contributed by atoms with Gasteiger partial charge in [-0.3, -0.25) is 0 Å². The molecule has 1 aliphatic carbocycles. The summed E-state index contributed by atoms with van der Waals surface area (Å²) in [5, 5.41) is 0.821. The van der Waals surface area contributed by atoms with Crippen LogP contribution in [-0.4, -0.2) is 19.1 Å². The first-order valence-electron chi connectivity index (χ1n) is 7.01. The Morgan fingerprint density at radius 3 is 2.67 bits per heavy atom. The SMILES string of the molecule is CCN(c1cc(Cl)ccc1CCN)C1CCCC1. The monoisotopic (exact) mass is 266 g/mol. The van der Waals surface area contributed by atoms with Crippen LogP contribution in [0.5, 0.6) is 0 Å². The van der Waals surface area contributed by atoms with Crippen LogP contribution in [0, 0.1) is 0 Å². The summed E-state index contributed by atoms with van der Waals surface area (Å²) in [5.41, 5.74) is 8.33. The highest BCUT2D eigenvalue weighted by atomic mass is 35.5. The van der Waals surface area contributed by atoms with Crippen LogP contribution in [0.2, 0.25) is 5.02 Å². The highest BCUT2D eigenvalue weighted by Gasteiger charge is 2.23. The molecule has 1 fully saturated rings. The fourth-order valence-corrected chi connectivity index (χ4v) is 3.18. The molecular formula is C15H23ClN2. The van der Waals surface area contributed by atoms with Crippen molar-refractivity contribution in [1.29, 1.82) is 0 Å². The van der Waals surface area contributed by atoms with Gasteiger partial charge in [0.05, 0.1) is 0 Å². The van der Waals surface area contributed by atoms with Gasteiger partial charge in [-0.25, -0.2) is 0 Å². The summed E-state index contributed by atoms with van der Waals surface area (Å²) in [4.78, 5) is 2.52. The quantitative estimate of drug-likeness (QED) is 0.882. The van der Waals surface area contributed by atoms with E-state index in [0.29, 0.717) is 12.6 Å². The van der Waals surface area contributed by atoms with E-state index in [9.17, 15) is 0 Å². The number of nitrogens with two attached hydrogens (primary N) is 1. The Kier molecular flexibility index (Phi) is 4.90. The zero-order valence-corrected chi connectivity index (χ0v) is 11.9. The normalized spacial score (nSPS) is 16.2. The first-order valence-corrected chi connectivity index (χ1v) is 7.39. The lowest BCUT2D eigenvalue weighted by molar-refractivity contribution is 0.617. The molecule has 3 heteroatoms. The van der Waals surface area contributed by atoms with Crippen molar-refractivity contribution < 1.29 is 0 Å². The van der Waals surface area contributed by atoms with Gasteiger partial charge in [0, 0.05) is 23.3 Å². The summed E-state index contributed by atoms with van der Waals surface area (Å²) in [6.45, 7) is 3.96. The minimum Gasteiger partial charge on any atom is -0.369 e. The molecule has 1 aromatic rings. The minimum atomic E-state index is 0.685. The van der Waals surface area contributed by atoms with Crippen molar-refractivity contribution in [3.8, 4) is 0 Å². The standard InChI is InChI=1S/C15H23ClN2/c1-2-18(14-5-3-4-6-14)15-11-13(16)8-7-12(15)9-10-17/h7-8,11,14H,2-6,9-10,17H2,1H3. The molecular weight excluding hydrogens is 244 g/mol. The molecule has 0 radical (unpaired) electrons. The van der Waals surface area contributed by atoms with Gasteiger partial charge in [0.2, 0.25) is 0 Å². The molecule has 1 aromatic carbocycles. The van der Waals surface area contributed by atoms with E-state index in [1.165, 1.54) is 36.9 Å². The van der Waals surface area contributed by atoms with E-state index >= 15 is 0 Å². The second-order valence-electron chi connectivity index (χ2n) is 5.04. The van der Waals surface area contributed by atoms with Gasteiger partial charge in [0.1, 0.15) is 0 Å². The average molecular weight is 267 g/mol. The maximum atomic E-state index is 6.17. The van der Waals surface area contributed by atoms with Gasteiger partial charge in [-0.2, -0.15) is 0 Å². The number of hydrogen-bond donors (Lipinski definition) is 1. The van der Waals surface area contributed by atoms with Crippen molar-refractivity contribution in [3.05, 3.63) is 28.8 Å². The van der Waals surface area contributed by atoms with Crippen LogP contribution in [0.4, 0.5) is 5.69 Å². The Labute approximate surface area is 115 Å². The van der Waals surface area contributed by atoms with Gasteiger partial charge in [-0.1, -0.05) is 30.5 Å². The second kappa shape index (κ2) is 6.44. The molecule has 2 rings (SSSR count). The first-order chi connectivity index (χ1) is 8.76.